The lowest BCUT2D eigenvalue weighted by molar-refractivity contribution is -0.302. The molecule has 0 aromatic carbocycles. The summed E-state index contributed by atoms with van der Waals surface area (Å²) in [4.78, 5) is 25.1. The first-order chi connectivity index (χ1) is 44.2. The molecule has 1 amide bonds. The number of aliphatic hydroxyl groups excluding tert-OH is 5. The highest BCUT2D eigenvalue weighted by molar-refractivity contribution is 5.76. The van der Waals surface area contributed by atoms with Crippen LogP contribution in [0.15, 0.2) is 60.8 Å². The topological polar surface area (TPSA) is 175 Å². The van der Waals surface area contributed by atoms with Crippen molar-refractivity contribution in [2.24, 2.45) is 0 Å². The Kier molecular flexibility index (Phi) is 64.3. The van der Waals surface area contributed by atoms with Crippen LogP contribution < -0.4 is 5.32 Å². The highest BCUT2D eigenvalue weighted by Gasteiger charge is 2.44. The van der Waals surface area contributed by atoms with Crippen LogP contribution in [0.25, 0.3) is 0 Å². The molecule has 526 valence electrons. The van der Waals surface area contributed by atoms with E-state index in [1.54, 1.807) is 6.08 Å². The number of esters is 1. The Morgan fingerprint density at radius 1 is 0.411 bits per heavy atom. The van der Waals surface area contributed by atoms with Crippen LogP contribution in [0.3, 0.4) is 0 Å². The number of allylic oxidation sites excluding steroid dienone is 9. The van der Waals surface area contributed by atoms with Gasteiger partial charge < -0.3 is 45.1 Å². The number of amides is 1. The minimum atomic E-state index is -1.58. The summed E-state index contributed by atoms with van der Waals surface area (Å²) in [6.07, 6.45) is 81.1. The van der Waals surface area contributed by atoms with Crippen LogP contribution in [-0.4, -0.2) is 100 Å². The molecule has 0 bridgehead atoms. The van der Waals surface area contributed by atoms with Gasteiger partial charge in [0.25, 0.3) is 0 Å². The molecule has 1 fully saturated rings. The largest absolute Gasteiger partial charge is 0.466 e. The molecule has 0 aliphatic carbocycles. The van der Waals surface area contributed by atoms with Crippen molar-refractivity contribution in [2.45, 2.75) is 410 Å². The molecule has 1 saturated heterocycles. The third-order valence-corrected chi connectivity index (χ3v) is 18.1. The van der Waals surface area contributed by atoms with E-state index in [1.165, 1.54) is 276 Å². The number of hydrogen-bond donors (Lipinski definition) is 6. The third-order valence-electron chi connectivity index (χ3n) is 18.1. The minimum Gasteiger partial charge on any atom is -0.466 e. The summed E-state index contributed by atoms with van der Waals surface area (Å²) < 4.78 is 16.7. The number of carbonyl (C=O) groups excluding carboxylic acids is 2. The van der Waals surface area contributed by atoms with Crippen LogP contribution >= 0.6 is 0 Å². The van der Waals surface area contributed by atoms with E-state index in [4.69, 9.17) is 14.2 Å². The fourth-order valence-electron chi connectivity index (χ4n) is 12.0. The van der Waals surface area contributed by atoms with Crippen LogP contribution in [-0.2, 0) is 23.8 Å². The zero-order valence-electron chi connectivity index (χ0n) is 58.6. The molecule has 90 heavy (non-hydrogen) atoms. The molecule has 1 rings (SSSR count). The van der Waals surface area contributed by atoms with Gasteiger partial charge in [-0.2, -0.15) is 0 Å². The highest BCUT2D eigenvalue weighted by atomic mass is 16.7. The van der Waals surface area contributed by atoms with E-state index in [0.717, 1.165) is 64.2 Å². The molecule has 0 aromatic heterocycles. The van der Waals surface area contributed by atoms with Gasteiger partial charge in [-0.25, -0.2) is 0 Å². The van der Waals surface area contributed by atoms with E-state index in [2.05, 4.69) is 67.8 Å². The molecule has 1 aliphatic rings. The Bertz CT molecular complexity index is 1680. The number of hydrogen-bond acceptors (Lipinski definition) is 10. The summed E-state index contributed by atoms with van der Waals surface area (Å²) in [5.74, 6) is -0.184. The second-order valence-electron chi connectivity index (χ2n) is 26.7. The summed E-state index contributed by atoms with van der Waals surface area (Å²) in [5, 5.41) is 54.3. The molecular formula is C79H145NO10. The first-order valence-corrected chi connectivity index (χ1v) is 38.6. The molecular weight excluding hydrogens is 1120 g/mol. The molecule has 7 unspecified atom stereocenters. The number of aliphatic hydroxyl groups is 5. The maximum absolute atomic E-state index is 13.0. The van der Waals surface area contributed by atoms with Gasteiger partial charge in [0, 0.05) is 12.8 Å². The van der Waals surface area contributed by atoms with Crippen molar-refractivity contribution in [1.29, 1.82) is 0 Å². The van der Waals surface area contributed by atoms with E-state index in [1.807, 2.05) is 6.08 Å². The van der Waals surface area contributed by atoms with Crippen LogP contribution in [0.5, 0.6) is 0 Å². The fraction of sp³-hybridized carbons (Fsp3) is 0.848. The molecule has 0 spiro atoms. The quantitative estimate of drug-likeness (QED) is 0.0195. The van der Waals surface area contributed by atoms with E-state index >= 15 is 0 Å². The van der Waals surface area contributed by atoms with Crippen LogP contribution in [0.2, 0.25) is 0 Å². The Balaban J connectivity index is 1.89. The van der Waals surface area contributed by atoms with Gasteiger partial charge >= 0.3 is 5.97 Å². The fourth-order valence-corrected chi connectivity index (χ4v) is 12.0. The Hall–Kier alpha value is -2.64. The van der Waals surface area contributed by atoms with Crippen LogP contribution in [0, 0.1) is 0 Å². The van der Waals surface area contributed by atoms with Crippen molar-refractivity contribution < 1.29 is 49.3 Å². The Morgan fingerprint density at radius 3 is 1.18 bits per heavy atom. The number of nitrogens with one attached hydrogen (secondary N) is 1. The lowest BCUT2D eigenvalue weighted by Crippen LogP contribution is -2.60. The van der Waals surface area contributed by atoms with Crippen molar-refractivity contribution in [3.8, 4) is 0 Å². The van der Waals surface area contributed by atoms with Crippen LogP contribution in [0.4, 0.5) is 0 Å². The lowest BCUT2D eigenvalue weighted by Gasteiger charge is -2.40. The van der Waals surface area contributed by atoms with Gasteiger partial charge in [-0.05, 0) is 103 Å². The first kappa shape index (κ1) is 85.4. The predicted molar refractivity (Wildman–Crippen MR) is 380 cm³/mol. The first-order valence-electron chi connectivity index (χ1n) is 38.6. The minimum absolute atomic E-state index is 0.00665. The van der Waals surface area contributed by atoms with E-state index in [-0.39, 0.29) is 18.5 Å². The molecule has 0 saturated carbocycles. The van der Waals surface area contributed by atoms with Crippen molar-refractivity contribution in [3.63, 3.8) is 0 Å². The van der Waals surface area contributed by atoms with Gasteiger partial charge in [0.05, 0.1) is 32.0 Å². The molecule has 6 N–H and O–H groups in total. The average Bonchev–Trinajstić information content (AvgIpc) is 1.78. The Morgan fingerprint density at radius 2 is 0.756 bits per heavy atom. The monoisotopic (exact) mass is 1270 g/mol. The van der Waals surface area contributed by atoms with Gasteiger partial charge in [0.1, 0.15) is 24.4 Å². The summed E-state index contributed by atoms with van der Waals surface area (Å²) in [6.45, 7) is 4.32. The molecule has 0 aromatic rings. The van der Waals surface area contributed by atoms with Crippen molar-refractivity contribution in [3.05, 3.63) is 60.8 Å². The summed E-state index contributed by atoms with van der Waals surface area (Å²) in [5.41, 5.74) is 0. The zero-order valence-corrected chi connectivity index (χ0v) is 58.6. The van der Waals surface area contributed by atoms with Gasteiger partial charge in [0.15, 0.2) is 6.29 Å². The van der Waals surface area contributed by atoms with Gasteiger partial charge in [-0.3, -0.25) is 9.59 Å². The molecule has 11 nitrogen and oxygen atoms in total. The number of carbonyl (C=O) groups is 2. The van der Waals surface area contributed by atoms with E-state index in [9.17, 15) is 35.1 Å². The van der Waals surface area contributed by atoms with Gasteiger partial charge in [0.2, 0.25) is 5.91 Å². The van der Waals surface area contributed by atoms with Crippen molar-refractivity contribution in [1.82, 2.24) is 5.32 Å². The second-order valence-corrected chi connectivity index (χ2v) is 26.7. The summed E-state index contributed by atoms with van der Waals surface area (Å²) in [7, 11) is 0. The van der Waals surface area contributed by atoms with Gasteiger partial charge in [-0.15, -0.1) is 0 Å². The van der Waals surface area contributed by atoms with Gasteiger partial charge in [-0.1, -0.05) is 312 Å². The molecule has 0 radical (unpaired) electrons. The zero-order chi connectivity index (χ0) is 65.1. The van der Waals surface area contributed by atoms with E-state index < -0.39 is 49.5 Å². The maximum atomic E-state index is 13.0. The number of unbranched alkanes of at least 4 members (excludes halogenated alkanes) is 46. The number of rotatable bonds is 68. The van der Waals surface area contributed by atoms with Crippen molar-refractivity contribution in [2.75, 3.05) is 19.8 Å². The maximum Gasteiger partial charge on any atom is 0.305 e. The predicted octanol–water partition coefficient (Wildman–Crippen LogP) is 20.5. The number of ether oxygens (including phenoxy) is 3. The highest BCUT2D eigenvalue weighted by Crippen LogP contribution is 2.23. The third kappa shape index (κ3) is 55.8. The molecule has 1 heterocycles. The molecule has 7 atom stereocenters. The van der Waals surface area contributed by atoms with Crippen molar-refractivity contribution >= 4 is 11.9 Å². The Labute approximate surface area is 554 Å². The lowest BCUT2D eigenvalue weighted by atomic mass is 9.99. The van der Waals surface area contributed by atoms with Crippen LogP contribution in [0.1, 0.15) is 367 Å². The normalized spacial score (nSPS) is 18.0. The average molecular weight is 1270 g/mol. The molecule has 1 aliphatic heterocycles. The molecule has 11 heteroatoms. The SMILES string of the molecule is CCCCCC/C=C/CC/C=C/C(O)C(COC1OC(CO)C(O)C(O)C1O)NC(=O)CCCCCCCCCCCCCCCCCCC/C=C\C/C=C\CCCCCCCCCCCCCOC(=O)CCCCCCCCC/C=C\CCCCCCCC. The van der Waals surface area contributed by atoms with E-state index in [0.29, 0.717) is 19.4 Å². The standard InChI is InChI=1S/C79H145NO10/c1-3-5-7-9-11-13-15-16-17-37-41-44-47-51-55-59-63-67-75(84)88-68-64-60-56-52-48-45-42-39-36-34-32-30-28-26-24-22-20-18-19-21-23-25-27-29-31-33-35-38-40-43-46-50-54-58-62-66-74(83)80-71(70-89-79-78(87)77(86)76(85)73(69-81)90-79)72(82)65-61-57-53-49-14-12-10-8-6-4-2/h14,16-17,20,22,26,28,49,61,65,71-73,76-79,81-82,85-87H,3-13,15,18-19,21,23-25,27,29-48,50-60,62-64,66-70H2,1-2H3,(H,80,83)/b17-16-,22-20-,28-26-,49-14+,65-61+. The summed E-state index contributed by atoms with van der Waals surface area (Å²) in [6, 6.07) is -0.826. The second kappa shape index (κ2) is 67.8. The smallest absolute Gasteiger partial charge is 0.305 e. The summed E-state index contributed by atoms with van der Waals surface area (Å²) >= 11 is 0.